The van der Waals surface area contributed by atoms with Gasteiger partial charge in [-0.3, -0.25) is 5.32 Å². The molecule has 0 aliphatic carbocycles. The summed E-state index contributed by atoms with van der Waals surface area (Å²) in [6.45, 7) is 0. The van der Waals surface area contributed by atoms with Crippen LogP contribution in [0, 0.1) is 0 Å². The fraction of sp³-hybridized carbons (Fsp3) is 0.125. The number of hydrogen-bond donors (Lipinski definition) is 3. The molecule has 0 aromatic heterocycles. The van der Waals surface area contributed by atoms with Crippen LogP contribution in [0.5, 0.6) is 0 Å². The Morgan fingerprint density at radius 3 is 2.47 bits per heavy atom. The summed E-state index contributed by atoms with van der Waals surface area (Å²) in [6, 6.07) is 2.79. The minimum absolute atomic E-state index is 0.177. The average molecular weight is 220 g/mol. The van der Waals surface area contributed by atoms with E-state index >= 15 is 0 Å². The summed E-state index contributed by atoms with van der Waals surface area (Å²) in [7, 11) is 0. The smallest absolute Gasteiger partial charge is 0.418 e. The zero-order valence-corrected chi connectivity index (χ0v) is 7.30. The number of halogens is 3. The normalized spacial score (nSPS) is 11.1. The van der Waals surface area contributed by atoms with Gasteiger partial charge in [-0.15, -0.1) is 0 Å². The van der Waals surface area contributed by atoms with E-state index in [4.69, 9.17) is 10.8 Å². The fourth-order valence-electron chi connectivity index (χ4n) is 1.00. The maximum absolute atomic E-state index is 12.3. The highest BCUT2D eigenvalue weighted by Crippen LogP contribution is 2.34. The van der Waals surface area contributed by atoms with Crippen LogP contribution >= 0.6 is 0 Å². The quantitative estimate of drug-likeness (QED) is 0.636. The van der Waals surface area contributed by atoms with Gasteiger partial charge in [0, 0.05) is 11.4 Å². The lowest BCUT2D eigenvalue weighted by Gasteiger charge is -2.11. The van der Waals surface area contributed by atoms with Gasteiger partial charge in [0.1, 0.15) is 0 Å². The lowest BCUT2D eigenvalue weighted by molar-refractivity contribution is -0.136. The van der Waals surface area contributed by atoms with Crippen LogP contribution in [-0.2, 0) is 6.18 Å². The first-order valence-corrected chi connectivity index (χ1v) is 3.77. The number of nitrogens with one attached hydrogen (secondary N) is 1. The van der Waals surface area contributed by atoms with Crippen molar-refractivity contribution in [3.8, 4) is 0 Å². The van der Waals surface area contributed by atoms with Crippen molar-refractivity contribution < 1.29 is 23.1 Å². The van der Waals surface area contributed by atoms with Gasteiger partial charge in [-0.05, 0) is 18.2 Å². The van der Waals surface area contributed by atoms with E-state index in [1.165, 1.54) is 0 Å². The highest BCUT2D eigenvalue weighted by molar-refractivity contribution is 5.83. The second-order valence-corrected chi connectivity index (χ2v) is 2.73. The monoisotopic (exact) mass is 220 g/mol. The minimum Gasteiger partial charge on any atom is -0.465 e. The Balaban J connectivity index is 3.11. The maximum Gasteiger partial charge on any atom is 0.418 e. The summed E-state index contributed by atoms with van der Waals surface area (Å²) in [6.07, 6.45) is -6.03. The van der Waals surface area contributed by atoms with E-state index in [2.05, 4.69) is 0 Å². The third kappa shape index (κ3) is 2.76. The molecular formula is C8H7F3N2O2. The molecule has 4 N–H and O–H groups in total. The van der Waals surface area contributed by atoms with Crippen LogP contribution < -0.4 is 11.1 Å². The zero-order valence-electron chi connectivity index (χ0n) is 7.30. The molecule has 1 aromatic carbocycles. The van der Waals surface area contributed by atoms with E-state index in [1.54, 1.807) is 5.32 Å². The molecule has 0 fully saturated rings. The molecule has 1 aromatic rings. The number of nitrogens with two attached hydrogens (primary N) is 1. The van der Waals surface area contributed by atoms with Crippen molar-refractivity contribution in [3.05, 3.63) is 23.8 Å². The summed E-state index contributed by atoms with van der Waals surface area (Å²) in [5.74, 6) is 0. The van der Waals surface area contributed by atoms with Crippen LogP contribution in [0.15, 0.2) is 18.2 Å². The number of rotatable bonds is 1. The van der Waals surface area contributed by atoms with E-state index < -0.39 is 23.5 Å². The summed E-state index contributed by atoms with van der Waals surface area (Å²) < 4.78 is 36.9. The Bertz CT molecular complexity index is 390. The second kappa shape index (κ2) is 3.68. The Hall–Kier alpha value is -1.92. The topological polar surface area (TPSA) is 75.3 Å². The van der Waals surface area contributed by atoms with E-state index in [0.717, 1.165) is 12.1 Å². The SMILES string of the molecule is Nc1ccc(NC(=O)O)cc1C(F)(F)F. The number of carboxylic acid groups (broad SMARTS) is 1. The molecule has 15 heavy (non-hydrogen) atoms. The highest BCUT2D eigenvalue weighted by atomic mass is 19.4. The molecule has 1 rings (SSSR count). The van der Waals surface area contributed by atoms with Crippen molar-refractivity contribution in [2.45, 2.75) is 6.18 Å². The Labute approximate surface area is 82.5 Å². The first-order valence-electron chi connectivity index (χ1n) is 3.77. The fourth-order valence-corrected chi connectivity index (χ4v) is 1.00. The van der Waals surface area contributed by atoms with Crippen LogP contribution in [0.2, 0.25) is 0 Å². The Morgan fingerprint density at radius 2 is 2.00 bits per heavy atom. The molecule has 0 radical (unpaired) electrons. The summed E-state index contributed by atoms with van der Waals surface area (Å²) in [5.41, 5.74) is 3.43. The average Bonchev–Trinajstić information content (AvgIpc) is 2.05. The summed E-state index contributed by atoms with van der Waals surface area (Å²) in [4.78, 5) is 10.2. The van der Waals surface area contributed by atoms with E-state index in [-0.39, 0.29) is 5.69 Å². The predicted octanol–water partition coefficient (Wildman–Crippen LogP) is 2.38. The molecule has 7 heteroatoms. The molecule has 0 aliphatic heterocycles. The van der Waals surface area contributed by atoms with Crippen LogP contribution in [0.4, 0.5) is 29.3 Å². The first kappa shape index (κ1) is 11.2. The van der Waals surface area contributed by atoms with Gasteiger partial charge < -0.3 is 10.8 Å². The third-order valence-electron chi connectivity index (χ3n) is 1.61. The van der Waals surface area contributed by atoms with E-state index in [9.17, 15) is 18.0 Å². The van der Waals surface area contributed by atoms with Crippen molar-refractivity contribution in [3.63, 3.8) is 0 Å². The molecule has 0 saturated heterocycles. The van der Waals surface area contributed by atoms with Crippen LogP contribution in [0.3, 0.4) is 0 Å². The molecule has 0 heterocycles. The summed E-state index contributed by atoms with van der Waals surface area (Å²) in [5, 5.41) is 10.1. The van der Waals surface area contributed by atoms with Gasteiger partial charge in [-0.1, -0.05) is 0 Å². The standard InChI is InChI=1S/C8H7F3N2O2/c9-8(10,11)5-3-4(13-7(14)15)1-2-6(5)12/h1-3,13H,12H2,(H,14,15). The Kier molecular flexibility index (Phi) is 2.74. The van der Waals surface area contributed by atoms with Crippen molar-refractivity contribution in [2.24, 2.45) is 0 Å². The molecule has 4 nitrogen and oxygen atoms in total. The zero-order chi connectivity index (χ0) is 11.6. The van der Waals surface area contributed by atoms with Gasteiger partial charge in [0.05, 0.1) is 5.56 Å². The number of benzene rings is 1. The first-order chi connectivity index (χ1) is 6.80. The maximum atomic E-state index is 12.3. The van der Waals surface area contributed by atoms with Crippen molar-refractivity contribution in [1.29, 1.82) is 0 Å². The molecule has 82 valence electrons. The van der Waals surface area contributed by atoms with Crippen LogP contribution in [0.1, 0.15) is 5.56 Å². The van der Waals surface area contributed by atoms with Crippen LogP contribution in [0.25, 0.3) is 0 Å². The van der Waals surface area contributed by atoms with Gasteiger partial charge in [-0.25, -0.2) is 4.79 Å². The van der Waals surface area contributed by atoms with E-state index in [0.29, 0.717) is 6.07 Å². The molecule has 0 saturated carbocycles. The molecule has 0 unspecified atom stereocenters. The van der Waals surface area contributed by atoms with Gasteiger partial charge in [-0.2, -0.15) is 13.2 Å². The lowest BCUT2D eigenvalue weighted by atomic mass is 10.1. The van der Waals surface area contributed by atoms with Crippen molar-refractivity contribution in [2.75, 3.05) is 11.1 Å². The lowest BCUT2D eigenvalue weighted by Crippen LogP contribution is -2.12. The number of carbonyl (C=O) groups is 1. The molecule has 0 aliphatic rings. The van der Waals surface area contributed by atoms with Gasteiger partial charge in [0.25, 0.3) is 0 Å². The highest BCUT2D eigenvalue weighted by Gasteiger charge is 2.33. The number of amides is 1. The third-order valence-corrected chi connectivity index (χ3v) is 1.61. The van der Waals surface area contributed by atoms with Crippen molar-refractivity contribution in [1.82, 2.24) is 0 Å². The number of hydrogen-bond acceptors (Lipinski definition) is 2. The predicted molar refractivity (Wildman–Crippen MR) is 47.5 cm³/mol. The largest absolute Gasteiger partial charge is 0.465 e. The van der Waals surface area contributed by atoms with Gasteiger partial charge in [0.15, 0.2) is 0 Å². The summed E-state index contributed by atoms with van der Waals surface area (Å²) >= 11 is 0. The number of anilines is 2. The molecule has 0 spiro atoms. The molecular weight excluding hydrogens is 213 g/mol. The Morgan fingerprint density at radius 1 is 1.40 bits per heavy atom. The number of alkyl halides is 3. The second-order valence-electron chi connectivity index (χ2n) is 2.73. The molecule has 0 atom stereocenters. The molecule has 1 amide bonds. The number of nitrogen functional groups attached to an aromatic ring is 1. The molecule has 0 bridgehead atoms. The van der Waals surface area contributed by atoms with Gasteiger partial charge in [0.2, 0.25) is 0 Å². The van der Waals surface area contributed by atoms with E-state index in [1.807, 2.05) is 0 Å². The van der Waals surface area contributed by atoms with Crippen LogP contribution in [-0.4, -0.2) is 11.2 Å². The van der Waals surface area contributed by atoms with Gasteiger partial charge >= 0.3 is 12.3 Å². The van der Waals surface area contributed by atoms with Crippen molar-refractivity contribution >= 4 is 17.5 Å². The minimum atomic E-state index is -4.60.